The van der Waals surface area contributed by atoms with E-state index in [0.29, 0.717) is 0 Å². The molecule has 0 aliphatic heterocycles. The van der Waals surface area contributed by atoms with Gasteiger partial charge >= 0.3 is 0 Å². The average molecular weight is 311 g/mol. The van der Waals surface area contributed by atoms with Crippen LogP contribution in [0.2, 0.25) is 0 Å². The molecule has 0 atom stereocenters. The fourth-order valence-electron chi connectivity index (χ4n) is 2.03. The summed E-state index contributed by atoms with van der Waals surface area (Å²) in [6, 6.07) is 8.55. The summed E-state index contributed by atoms with van der Waals surface area (Å²) in [5.41, 5.74) is 1.29. The van der Waals surface area contributed by atoms with E-state index in [0.717, 1.165) is 37.1 Å². The maximum atomic E-state index is 5.01. The van der Waals surface area contributed by atoms with Crippen molar-refractivity contribution in [2.45, 2.75) is 13.0 Å². The molecule has 98 valence electrons. The van der Waals surface area contributed by atoms with Gasteiger partial charge < -0.3 is 14.6 Å². The second kappa shape index (κ2) is 6.92. The first-order valence-electron chi connectivity index (χ1n) is 6.25. The van der Waals surface area contributed by atoms with Crippen LogP contribution in [0.15, 0.2) is 34.9 Å². The summed E-state index contributed by atoms with van der Waals surface area (Å²) in [6.45, 7) is 3.83. The lowest BCUT2D eigenvalue weighted by molar-refractivity contribution is 0.194. The van der Waals surface area contributed by atoms with Gasteiger partial charge in [-0.05, 0) is 37.2 Å². The minimum atomic E-state index is 0.827. The molecule has 18 heavy (non-hydrogen) atoms. The number of aromatic nitrogens is 1. The molecular formula is C14H19BrN2O. The van der Waals surface area contributed by atoms with Crippen LogP contribution >= 0.6 is 15.9 Å². The van der Waals surface area contributed by atoms with Gasteiger partial charge in [0.1, 0.15) is 0 Å². The van der Waals surface area contributed by atoms with Crippen molar-refractivity contribution < 1.29 is 4.74 Å². The van der Waals surface area contributed by atoms with Gasteiger partial charge in [-0.2, -0.15) is 0 Å². The van der Waals surface area contributed by atoms with E-state index in [9.17, 15) is 0 Å². The van der Waals surface area contributed by atoms with Crippen LogP contribution in [0, 0.1) is 0 Å². The highest BCUT2D eigenvalue weighted by molar-refractivity contribution is 9.10. The number of benzene rings is 1. The number of methoxy groups -OCH3 is 1. The van der Waals surface area contributed by atoms with E-state index >= 15 is 0 Å². The molecule has 0 aliphatic carbocycles. The van der Waals surface area contributed by atoms with Gasteiger partial charge in [0.15, 0.2) is 0 Å². The molecule has 3 nitrogen and oxygen atoms in total. The zero-order chi connectivity index (χ0) is 12.8. The van der Waals surface area contributed by atoms with Gasteiger partial charge in [0.2, 0.25) is 0 Å². The number of hydrogen-bond acceptors (Lipinski definition) is 2. The summed E-state index contributed by atoms with van der Waals surface area (Å²) >= 11 is 3.50. The smallest absolute Gasteiger partial charge is 0.0481 e. The highest BCUT2D eigenvalue weighted by Gasteiger charge is 2.00. The Kier molecular flexibility index (Phi) is 5.23. The number of halogens is 1. The monoisotopic (exact) mass is 310 g/mol. The lowest BCUT2D eigenvalue weighted by atomic mass is 10.2. The van der Waals surface area contributed by atoms with E-state index in [2.05, 4.69) is 56.3 Å². The molecule has 2 rings (SSSR count). The van der Waals surface area contributed by atoms with Gasteiger partial charge in [0.05, 0.1) is 0 Å². The fraction of sp³-hybridized carbons (Fsp3) is 0.429. The summed E-state index contributed by atoms with van der Waals surface area (Å²) < 4.78 is 8.43. The van der Waals surface area contributed by atoms with Crippen LogP contribution in [-0.4, -0.2) is 31.4 Å². The Balaban J connectivity index is 1.84. The van der Waals surface area contributed by atoms with E-state index < -0.39 is 0 Å². The van der Waals surface area contributed by atoms with Crippen molar-refractivity contribution in [1.29, 1.82) is 0 Å². The Morgan fingerprint density at radius 2 is 2.17 bits per heavy atom. The summed E-state index contributed by atoms with van der Waals surface area (Å²) in [7, 11) is 1.74. The van der Waals surface area contributed by atoms with Crippen LogP contribution < -0.4 is 5.32 Å². The fourth-order valence-corrected chi connectivity index (χ4v) is 2.41. The molecule has 0 bridgehead atoms. The number of nitrogens with zero attached hydrogens (tertiary/aromatic N) is 1. The first kappa shape index (κ1) is 13.6. The summed E-state index contributed by atoms with van der Waals surface area (Å²) in [5, 5.41) is 4.71. The van der Waals surface area contributed by atoms with Crippen LogP contribution in [0.3, 0.4) is 0 Å². The Bertz CT molecular complexity index is 495. The van der Waals surface area contributed by atoms with Crippen molar-refractivity contribution >= 4 is 26.8 Å². The van der Waals surface area contributed by atoms with Crippen LogP contribution in [-0.2, 0) is 11.3 Å². The zero-order valence-corrected chi connectivity index (χ0v) is 12.2. The first-order chi connectivity index (χ1) is 8.81. The molecule has 1 aromatic heterocycles. The Labute approximate surface area is 116 Å². The van der Waals surface area contributed by atoms with Crippen molar-refractivity contribution in [1.82, 2.24) is 9.88 Å². The first-order valence-corrected chi connectivity index (χ1v) is 7.04. The number of fused-ring (bicyclic) bond motifs is 1. The molecule has 4 heteroatoms. The maximum Gasteiger partial charge on any atom is 0.0481 e. The average Bonchev–Trinajstić information content (AvgIpc) is 2.76. The highest BCUT2D eigenvalue weighted by atomic mass is 79.9. The van der Waals surface area contributed by atoms with E-state index in [1.807, 2.05) is 0 Å². The number of ether oxygens (including phenoxy) is 1. The molecule has 1 heterocycles. The van der Waals surface area contributed by atoms with Gasteiger partial charge in [-0.1, -0.05) is 15.9 Å². The van der Waals surface area contributed by atoms with Crippen molar-refractivity contribution in [2.75, 3.05) is 26.8 Å². The molecule has 0 spiro atoms. The topological polar surface area (TPSA) is 26.2 Å². The van der Waals surface area contributed by atoms with Crippen molar-refractivity contribution in [2.24, 2.45) is 0 Å². The third-order valence-electron chi connectivity index (χ3n) is 2.96. The Morgan fingerprint density at radius 1 is 1.28 bits per heavy atom. The molecule has 0 unspecified atom stereocenters. The van der Waals surface area contributed by atoms with Crippen molar-refractivity contribution in [3.63, 3.8) is 0 Å². The maximum absolute atomic E-state index is 5.01. The van der Waals surface area contributed by atoms with Gasteiger partial charge in [-0.15, -0.1) is 0 Å². The molecule has 1 aromatic carbocycles. The molecule has 0 fully saturated rings. The summed E-state index contributed by atoms with van der Waals surface area (Å²) in [4.78, 5) is 0. The number of hydrogen-bond donors (Lipinski definition) is 1. The van der Waals surface area contributed by atoms with Crippen LogP contribution in [0.5, 0.6) is 0 Å². The molecule has 0 aliphatic rings. The predicted molar refractivity (Wildman–Crippen MR) is 79.0 cm³/mol. The molecular weight excluding hydrogens is 292 g/mol. The predicted octanol–water partition coefficient (Wildman–Crippen LogP) is 3.03. The lowest BCUT2D eigenvalue weighted by Gasteiger charge is -2.07. The van der Waals surface area contributed by atoms with E-state index in [1.165, 1.54) is 10.9 Å². The Hall–Kier alpha value is -0.840. The highest BCUT2D eigenvalue weighted by Crippen LogP contribution is 2.20. The molecule has 1 N–H and O–H groups in total. The largest absolute Gasteiger partial charge is 0.385 e. The third-order valence-corrected chi connectivity index (χ3v) is 3.46. The molecule has 0 saturated carbocycles. The van der Waals surface area contributed by atoms with Gasteiger partial charge in [0, 0.05) is 48.4 Å². The summed E-state index contributed by atoms with van der Waals surface area (Å²) in [5.74, 6) is 0. The third kappa shape index (κ3) is 3.57. The van der Waals surface area contributed by atoms with Gasteiger partial charge in [0.25, 0.3) is 0 Å². The van der Waals surface area contributed by atoms with Crippen LogP contribution in [0.1, 0.15) is 6.42 Å². The quantitative estimate of drug-likeness (QED) is 0.796. The minimum absolute atomic E-state index is 0.827. The molecule has 0 saturated heterocycles. The summed E-state index contributed by atoms with van der Waals surface area (Å²) in [6.07, 6.45) is 3.21. The molecule has 2 aromatic rings. The van der Waals surface area contributed by atoms with Gasteiger partial charge in [-0.25, -0.2) is 0 Å². The normalized spacial score (nSPS) is 11.2. The van der Waals surface area contributed by atoms with Crippen LogP contribution in [0.25, 0.3) is 10.9 Å². The number of rotatable bonds is 7. The van der Waals surface area contributed by atoms with Crippen LogP contribution in [0.4, 0.5) is 0 Å². The Morgan fingerprint density at radius 3 is 3.00 bits per heavy atom. The van der Waals surface area contributed by atoms with Gasteiger partial charge in [-0.3, -0.25) is 0 Å². The van der Waals surface area contributed by atoms with Crippen molar-refractivity contribution in [3.05, 3.63) is 34.9 Å². The van der Waals surface area contributed by atoms with E-state index in [1.54, 1.807) is 7.11 Å². The second-order valence-corrected chi connectivity index (χ2v) is 5.22. The standard InChI is InChI=1S/C14H19BrN2O/c1-18-10-2-6-16-7-9-17-8-5-12-11-13(15)3-4-14(12)17/h3-5,8,11,16H,2,6-7,9-10H2,1H3. The lowest BCUT2D eigenvalue weighted by Crippen LogP contribution is -2.21. The van der Waals surface area contributed by atoms with E-state index in [4.69, 9.17) is 4.74 Å². The van der Waals surface area contributed by atoms with Crippen molar-refractivity contribution in [3.8, 4) is 0 Å². The zero-order valence-electron chi connectivity index (χ0n) is 10.7. The second-order valence-electron chi connectivity index (χ2n) is 4.31. The number of nitrogens with one attached hydrogen (secondary N) is 1. The van der Waals surface area contributed by atoms with E-state index in [-0.39, 0.29) is 0 Å². The molecule has 0 amide bonds. The molecule has 0 radical (unpaired) electrons. The SMILES string of the molecule is COCCCNCCn1ccc2cc(Br)ccc21. The minimum Gasteiger partial charge on any atom is -0.385 e.